The largest absolute Gasteiger partial charge is 0.484 e. The number of hydrogen-bond acceptors (Lipinski definition) is 4. The van der Waals surface area contributed by atoms with Gasteiger partial charge in [-0.25, -0.2) is 0 Å². The van der Waals surface area contributed by atoms with Crippen molar-refractivity contribution in [1.29, 1.82) is 5.26 Å². The molecule has 23 heavy (non-hydrogen) atoms. The number of nitrogens with one attached hydrogen (secondary N) is 2. The van der Waals surface area contributed by atoms with Crippen molar-refractivity contribution in [3.8, 4) is 11.8 Å². The maximum absolute atomic E-state index is 11.9. The molecule has 0 aliphatic carbocycles. The minimum Gasteiger partial charge on any atom is -0.484 e. The van der Waals surface area contributed by atoms with E-state index < -0.39 is 0 Å². The van der Waals surface area contributed by atoms with Crippen LogP contribution in [-0.2, 0) is 9.59 Å². The fourth-order valence-electron chi connectivity index (χ4n) is 1.88. The lowest BCUT2D eigenvalue weighted by molar-refractivity contribution is -0.118. The number of amides is 2. The van der Waals surface area contributed by atoms with Crippen LogP contribution in [0.5, 0.6) is 5.75 Å². The molecule has 2 N–H and O–H groups in total. The van der Waals surface area contributed by atoms with Crippen LogP contribution in [0.2, 0.25) is 0 Å². The number of benzene rings is 2. The first kappa shape index (κ1) is 16.0. The summed E-state index contributed by atoms with van der Waals surface area (Å²) in [6.45, 7) is 1.23. The predicted octanol–water partition coefficient (Wildman–Crippen LogP) is 2.53. The zero-order valence-corrected chi connectivity index (χ0v) is 12.5. The molecule has 2 rings (SSSR count). The summed E-state index contributed by atoms with van der Waals surface area (Å²) in [5.41, 5.74) is 1.61. The summed E-state index contributed by atoms with van der Waals surface area (Å²) in [5.74, 6) is -0.0762. The van der Waals surface area contributed by atoms with Crippen LogP contribution < -0.4 is 15.4 Å². The lowest BCUT2D eigenvalue weighted by Gasteiger charge is -2.09. The standard InChI is InChI=1S/C17H15N3O3/c1-12(21)19-14-5-3-6-15(9-14)20-17(22)11-23-16-7-2-4-13(8-16)10-18/h2-9H,11H2,1H3,(H,19,21)(H,20,22). The van der Waals surface area contributed by atoms with Gasteiger partial charge in [-0.3, -0.25) is 9.59 Å². The second kappa shape index (κ2) is 7.61. The summed E-state index contributed by atoms with van der Waals surface area (Å²) in [4.78, 5) is 22.9. The van der Waals surface area contributed by atoms with Gasteiger partial charge in [0.15, 0.2) is 6.61 Å². The van der Waals surface area contributed by atoms with E-state index in [1.165, 1.54) is 6.92 Å². The number of hydrogen-bond donors (Lipinski definition) is 2. The highest BCUT2D eigenvalue weighted by Crippen LogP contribution is 2.16. The summed E-state index contributed by atoms with van der Waals surface area (Å²) in [6, 6.07) is 15.4. The van der Waals surface area contributed by atoms with Crippen LogP contribution in [0.1, 0.15) is 12.5 Å². The highest BCUT2D eigenvalue weighted by molar-refractivity contribution is 5.94. The summed E-state index contributed by atoms with van der Waals surface area (Å²) >= 11 is 0. The molecule has 0 unspecified atom stereocenters. The Hall–Kier alpha value is -3.33. The number of nitrogens with zero attached hydrogens (tertiary/aromatic N) is 1. The molecule has 0 spiro atoms. The lowest BCUT2D eigenvalue weighted by Crippen LogP contribution is -2.20. The topological polar surface area (TPSA) is 91.2 Å². The minimum atomic E-state index is -0.340. The summed E-state index contributed by atoms with van der Waals surface area (Å²) in [7, 11) is 0. The molecule has 116 valence electrons. The minimum absolute atomic E-state index is 0.181. The molecule has 2 aromatic carbocycles. The van der Waals surface area contributed by atoms with Gasteiger partial charge in [-0.15, -0.1) is 0 Å². The molecule has 0 saturated heterocycles. The van der Waals surface area contributed by atoms with Gasteiger partial charge >= 0.3 is 0 Å². The Bertz CT molecular complexity index is 766. The fourth-order valence-corrected chi connectivity index (χ4v) is 1.88. The smallest absolute Gasteiger partial charge is 0.262 e. The molecule has 0 atom stereocenters. The number of rotatable bonds is 5. The summed E-state index contributed by atoms with van der Waals surface area (Å²) in [6.07, 6.45) is 0. The van der Waals surface area contributed by atoms with Crippen LogP contribution in [0, 0.1) is 11.3 Å². The Labute approximate surface area is 133 Å². The van der Waals surface area contributed by atoms with Crippen molar-refractivity contribution < 1.29 is 14.3 Å². The molecule has 0 bridgehead atoms. The van der Waals surface area contributed by atoms with Crippen molar-refractivity contribution in [3.05, 3.63) is 54.1 Å². The molecule has 0 aliphatic rings. The van der Waals surface area contributed by atoms with Crippen LogP contribution in [-0.4, -0.2) is 18.4 Å². The number of anilines is 2. The van der Waals surface area contributed by atoms with Gasteiger partial charge in [-0.2, -0.15) is 5.26 Å². The van der Waals surface area contributed by atoms with E-state index in [1.807, 2.05) is 6.07 Å². The molecular weight excluding hydrogens is 294 g/mol. The molecule has 0 heterocycles. The van der Waals surface area contributed by atoms with Crippen molar-refractivity contribution in [2.45, 2.75) is 6.92 Å². The Balaban J connectivity index is 1.92. The average Bonchev–Trinajstić information content (AvgIpc) is 2.53. The Morgan fingerprint density at radius 3 is 2.48 bits per heavy atom. The normalized spacial score (nSPS) is 9.57. The van der Waals surface area contributed by atoms with E-state index in [4.69, 9.17) is 10.00 Å². The van der Waals surface area contributed by atoms with Crippen molar-refractivity contribution >= 4 is 23.2 Å². The van der Waals surface area contributed by atoms with Gasteiger partial charge in [0.05, 0.1) is 11.6 Å². The van der Waals surface area contributed by atoms with Crippen LogP contribution in [0.15, 0.2) is 48.5 Å². The van der Waals surface area contributed by atoms with Gasteiger partial charge in [-0.1, -0.05) is 12.1 Å². The maximum atomic E-state index is 11.9. The molecule has 6 nitrogen and oxygen atoms in total. The van der Waals surface area contributed by atoms with Crippen LogP contribution in [0.3, 0.4) is 0 Å². The van der Waals surface area contributed by atoms with Gasteiger partial charge in [0.2, 0.25) is 5.91 Å². The highest BCUT2D eigenvalue weighted by Gasteiger charge is 2.05. The molecule has 0 aromatic heterocycles. The van der Waals surface area contributed by atoms with E-state index in [2.05, 4.69) is 10.6 Å². The highest BCUT2D eigenvalue weighted by atomic mass is 16.5. The third-order valence-electron chi connectivity index (χ3n) is 2.80. The summed E-state index contributed by atoms with van der Waals surface area (Å²) < 4.78 is 5.34. The molecule has 0 saturated carbocycles. The van der Waals surface area contributed by atoms with E-state index in [1.54, 1.807) is 48.5 Å². The molecular formula is C17H15N3O3. The molecule has 6 heteroatoms. The number of nitriles is 1. The first-order valence-corrected chi connectivity index (χ1v) is 6.87. The van der Waals surface area contributed by atoms with Gasteiger partial charge in [0.1, 0.15) is 5.75 Å². The maximum Gasteiger partial charge on any atom is 0.262 e. The zero-order valence-electron chi connectivity index (χ0n) is 12.5. The van der Waals surface area contributed by atoms with Gasteiger partial charge in [0, 0.05) is 18.3 Å². The lowest BCUT2D eigenvalue weighted by atomic mass is 10.2. The quantitative estimate of drug-likeness (QED) is 0.888. The van der Waals surface area contributed by atoms with Crippen molar-refractivity contribution in [2.75, 3.05) is 17.2 Å². The SMILES string of the molecule is CC(=O)Nc1cccc(NC(=O)COc2cccc(C#N)c2)c1. The van der Waals surface area contributed by atoms with Gasteiger partial charge in [0.25, 0.3) is 5.91 Å². The number of carbonyl (C=O) groups excluding carboxylic acids is 2. The fraction of sp³-hybridized carbons (Fsp3) is 0.118. The van der Waals surface area contributed by atoms with Crippen molar-refractivity contribution in [1.82, 2.24) is 0 Å². The predicted molar refractivity (Wildman–Crippen MR) is 86.0 cm³/mol. The van der Waals surface area contributed by atoms with Crippen molar-refractivity contribution in [2.24, 2.45) is 0 Å². The van der Waals surface area contributed by atoms with Gasteiger partial charge in [-0.05, 0) is 36.4 Å². The Kier molecular flexibility index (Phi) is 5.31. The monoisotopic (exact) mass is 309 g/mol. The summed E-state index contributed by atoms with van der Waals surface area (Å²) in [5, 5.41) is 14.1. The van der Waals surface area contributed by atoms with Crippen LogP contribution >= 0.6 is 0 Å². The second-order valence-electron chi connectivity index (χ2n) is 4.74. The third-order valence-corrected chi connectivity index (χ3v) is 2.80. The van der Waals surface area contributed by atoms with Crippen LogP contribution in [0.4, 0.5) is 11.4 Å². The van der Waals surface area contributed by atoms with E-state index in [0.29, 0.717) is 22.7 Å². The van der Waals surface area contributed by atoms with E-state index in [0.717, 1.165) is 0 Å². The molecule has 0 fully saturated rings. The first-order valence-electron chi connectivity index (χ1n) is 6.87. The first-order chi connectivity index (χ1) is 11.1. The van der Waals surface area contributed by atoms with Crippen molar-refractivity contribution in [3.63, 3.8) is 0 Å². The Morgan fingerprint density at radius 2 is 1.78 bits per heavy atom. The molecule has 0 aliphatic heterocycles. The van der Waals surface area contributed by atoms with Gasteiger partial charge < -0.3 is 15.4 Å². The Morgan fingerprint density at radius 1 is 1.09 bits per heavy atom. The second-order valence-corrected chi connectivity index (χ2v) is 4.74. The van der Waals surface area contributed by atoms with E-state index >= 15 is 0 Å². The zero-order chi connectivity index (χ0) is 16.7. The number of carbonyl (C=O) groups is 2. The van der Waals surface area contributed by atoms with Crippen LogP contribution in [0.25, 0.3) is 0 Å². The third kappa shape index (κ3) is 5.17. The molecule has 0 radical (unpaired) electrons. The van der Waals surface area contributed by atoms with E-state index in [9.17, 15) is 9.59 Å². The molecule has 2 amide bonds. The average molecular weight is 309 g/mol. The molecule has 2 aromatic rings. The van der Waals surface area contributed by atoms with E-state index in [-0.39, 0.29) is 18.4 Å². The number of ether oxygens (including phenoxy) is 1.